The van der Waals surface area contributed by atoms with Crippen LogP contribution in [0.3, 0.4) is 0 Å². The summed E-state index contributed by atoms with van der Waals surface area (Å²) in [4.78, 5) is 9.04. The van der Waals surface area contributed by atoms with Gasteiger partial charge in [0.05, 0.1) is 16.9 Å². The summed E-state index contributed by atoms with van der Waals surface area (Å²) in [5, 5.41) is 5.37. The SMILES string of the molecule is CCn1nccc1-c1nc(C)nc2ccccc12. The van der Waals surface area contributed by atoms with Gasteiger partial charge in [0, 0.05) is 18.1 Å². The van der Waals surface area contributed by atoms with Crippen molar-refractivity contribution >= 4 is 10.9 Å². The van der Waals surface area contributed by atoms with E-state index in [2.05, 4.69) is 28.1 Å². The molecular formula is C14H14N4. The van der Waals surface area contributed by atoms with E-state index >= 15 is 0 Å². The lowest BCUT2D eigenvalue weighted by atomic mass is 10.1. The van der Waals surface area contributed by atoms with Gasteiger partial charge in [-0.1, -0.05) is 18.2 Å². The molecule has 4 nitrogen and oxygen atoms in total. The Bertz CT molecular complexity index is 700. The molecule has 90 valence electrons. The van der Waals surface area contributed by atoms with E-state index in [1.165, 1.54) is 0 Å². The van der Waals surface area contributed by atoms with Gasteiger partial charge in [-0.05, 0) is 26.0 Å². The monoisotopic (exact) mass is 238 g/mol. The number of hydrogen-bond acceptors (Lipinski definition) is 3. The van der Waals surface area contributed by atoms with Crippen molar-refractivity contribution in [1.29, 1.82) is 0 Å². The molecule has 0 saturated carbocycles. The summed E-state index contributed by atoms with van der Waals surface area (Å²) in [5.41, 5.74) is 2.97. The predicted molar refractivity (Wildman–Crippen MR) is 71.2 cm³/mol. The van der Waals surface area contributed by atoms with E-state index in [0.717, 1.165) is 34.7 Å². The van der Waals surface area contributed by atoms with E-state index < -0.39 is 0 Å². The van der Waals surface area contributed by atoms with Gasteiger partial charge in [-0.15, -0.1) is 0 Å². The summed E-state index contributed by atoms with van der Waals surface area (Å²) >= 11 is 0. The van der Waals surface area contributed by atoms with Crippen molar-refractivity contribution in [3.8, 4) is 11.4 Å². The zero-order chi connectivity index (χ0) is 12.5. The second-order valence-electron chi connectivity index (χ2n) is 4.17. The topological polar surface area (TPSA) is 43.6 Å². The summed E-state index contributed by atoms with van der Waals surface area (Å²) in [7, 11) is 0. The molecule has 0 bridgehead atoms. The van der Waals surface area contributed by atoms with E-state index in [0.29, 0.717) is 0 Å². The van der Waals surface area contributed by atoms with E-state index in [1.54, 1.807) is 0 Å². The average molecular weight is 238 g/mol. The number of hydrogen-bond donors (Lipinski definition) is 0. The molecule has 0 saturated heterocycles. The van der Waals surface area contributed by atoms with Gasteiger partial charge in [-0.3, -0.25) is 4.68 Å². The maximum atomic E-state index is 4.58. The highest BCUT2D eigenvalue weighted by Crippen LogP contribution is 2.25. The maximum absolute atomic E-state index is 4.58. The molecule has 3 rings (SSSR count). The fourth-order valence-electron chi connectivity index (χ4n) is 2.17. The van der Waals surface area contributed by atoms with E-state index in [1.807, 2.05) is 42.1 Å². The van der Waals surface area contributed by atoms with Gasteiger partial charge in [0.15, 0.2) is 0 Å². The van der Waals surface area contributed by atoms with Gasteiger partial charge >= 0.3 is 0 Å². The zero-order valence-electron chi connectivity index (χ0n) is 10.5. The fourth-order valence-corrected chi connectivity index (χ4v) is 2.17. The molecule has 0 amide bonds. The lowest BCUT2D eigenvalue weighted by molar-refractivity contribution is 0.666. The first-order valence-corrected chi connectivity index (χ1v) is 6.05. The average Bonchev–Trinajstić information content (AvgIpc) is 2.85. The number of para-hydroxylation sites is 1. The summed E-state index contributed by atoms with van der Waals surface area (Å²) in [6.45, 7) is 4.83. The van der Waals surface area contributed by atoms with Crippen LogP contribution in [-0.4, -0.2) is 19.7 Å². The molecule has 0 spiro atoms. The number of benzene rings is 1. The Morgan fingerprint density at radius 1 is 1.11 bits per heavy atom. The van der Waals surface area contributed by atoms with Crippen LogP contribution >= 0.6 is 0 Å². The Morgan fingerprint density at radius 2 is 1.94 bits per heavy atom. The number of fused-ring (bicyclic) bond motifs is 1. The highest BCUT2D eigenvalue weighted by Gasteiger charge is 2.11. The van der Waals surface area contributed by atoms with Crippen molar-refractivity contribution in [2.24, 2.45) is 0 Å². The third kappa shape index (κ3) is 1.66. The lowest BCUT2D eigenvalue weighted by Gasteiger charge is -2.08. The van der Waals surface area contributed by atoms with Crippen LogP contribution in [0.2, 0.25) is 0 Å². The van der Waals surface area contributed by atoms with Gasteiger partial charge < -0.3 is 0 Å². The molecular weight excluding hydrogens is 224 g/mol. The van der Waals surface area contributed by atoms with E-state index in [4.69, 9.17) is 0 Å². The molecule has 0 unspecified atom stereocenters. The molecule has 0 N–H and O–H groups in total. The standard InChI is InChI=1S/C14H14N4/c1-3-18-13(8-9-15-18)14-11-6-4-5-7-12(11)16-10(2)17-14/h4-9H,3H2,1-2H3. The first kappa shape index (κ1) is 10.9. The first-order chi connectivity index (χ1) is 8.79. The molecule has 0 radical (unpaired) electrons. The number of rotatable bonds is 2. The fraction of sp³-hybridized carbons (Fsp3) is 0.214. The van der Waals surface area contributed by atoms with Crippen LogP contribution in [0.4, 0.5) is 0 Å². The Morgan fingerprint density at radius 3 is 2.78 bits per heavy atom. The zero-order valence-corrected chi connectivity index (χ0v) is 10.5. The summed E-state index contributed by atoms with van der Waals surface area (Å²) in [6, 6.07) is 10.1. The minimum Gasteiger partial charge on any atom is -0.264 e. The van der Waals surface area contributed by atoms with Crippen molar-refractivity contribution in [2.75, 3.05) is 0 Å². The van der Waals surface area contributed by atoms with Gasteiger partial charge in [-0.25, -0.2) is 9.97 Å². The van der Waals surface area contributed by atoms with Crippen LogP contribution in [0.1, 0.15) is 12.7 Å². The molecule has 2 aromatic heterocycles. The Kier molecular flexibility index (Phi) is 2.55. The summed E-state index contributed by atoms with van der Waals surface area (Å²) in [5.74, 6) is 0.785. The second kappa shape index (κ2) is 4.22. The molecule has 0 aliphatic heterocycles. The molecule has 4 heteroatoms. The molecule has 0 aliphatic carbocycles. The molecule has 18 heavy (non-hydrogen) atoms. The van der Waals surface area contributed by atoms with Crippen molar-refractivity contribution in [3.63, 3.8) is 0 Å². The van der Waals surface area contributed by atoms with Crippen LogP contribution in [0.15, 0.2) is 36.5 Å². The van der Waals surface area contributed by atoms with Gasteiger partial charge in [0.25, 0.3) is 0 Å². The van der Waals surface area contributed by atoms with Gasteiger partial charge in [0.2, 0.25) is 0 Å². The third-order valence-electron chi connectivity index (χ3n) is 2.97. The number of nitrogens with zero attached hydrogens (tertiary/aromatic N) is 4. The van der Waals surface area contributed by atoms with Gasteiger partial charge in [-0.2, -0.15) is 5.10 Å². The van der Waals surface area contributed by atoms with Crippen LogP contribution in [0, 0.1) is 6.92 Å². The smallest absolute Gasteiger partial charge is 0.126 e. The first-order valence-electron chi connectivity index (χ1n) is 6.05. The van der Waals surface area contributed by atoms with Crippen molar-refractivity contribution < 1.29 is 0 Å². The van der Waals surface area contributed by atoms with Gasteiger partial charge in [0.1, 0.15) is 5.82 Å². The Hall–Kier alpha value is -2.23. The summed E-state index contributed by atoms with van der Waals surface area (Å²) < 4.78 is 1.95. The predicted octanol–water partition coefficient (Wildman–Crippen LogP) is 2.82. The second-order valence-corrected chi connectivity index (χ2v) is 4.17. The largest absolute Gasteiger partial charge is 0.264 e. The molecule has 0 fully saturated rings. The van der Waals surface area contributed by atoms with Crippen molar-refractivity contribution in [1.82, 2.24) is 19.7 Å². The van der Waals surface area contributed by atoms with Crippen molar-refractivity contribution in [3.05, 3.63) is 42.4 Å². The van der Waals surface area contributed by atoms with Crippen LogP contribution < -0.4 is 0 Å². The van der Waals surface area contributed by atoms with E-state index in [9.17, 15) is 0 Å². The Balaban J connectivity index is 2.34. The molecule has 3 aromatic rings. The highest BCUT2D eigenvalue weighted by atomic mass is 15.3. The molecule has 2 heterocycles. The minimum absolute atomic E-state index is 0.785. The minimum atomic E-state index is 0.785. The lowest BCUT2D eigenvalue weighted by Crippen LogP contribution is -2.02. The van der Waals surface area contributed by atoms with E-state index in [-0.39, 0.29) is 0 Å². The van der Waals surface area contributed by atoms with Crippen LogP contribution in [0.5, 0.6) is 0 Å². The third-order valence-corrected chi connectivity index (χ3v) is 2.97. The number of aromatic nitrogens is 4. The molecule has 0 aliphatic rings. The molecule has 0 atom stereocenters. The normalized spacial score (nSPS) is 11.0. The van der Waals surface area contributed by atoms with Crippen molar-refractivity contribution in [2.45, 2.75) is 20.4 Å². The molecule has 1 aromatic carbocycles. The Labute approximate surface area is 105 Å². The quantitative estimate of drug-likeness (QED) is 0.689. The maximum Gasteiger partial charge on any atom is 0.126 e. The summed E-state index contributed by atoms with van der Waals surface area (Å²) in [6.07, 6.45) is 1.81. The van der Waals surface area contributed by atoms with Crippen LogP contribution in [-0.2, 0) is 6.54 Å². The number of aryl methyl sites for hydroxylation is 2. The highest BCUT2D eigenvalue weighted by molar-refractivity contribution is 5.91. The van der Waals surface area contributed by atoms with Crippen LogP contribution in [0.25, 0.3) is 22.3 Å².